The highest BCUT2D eigenvalue weighted by atomic mass is 16.3. The van der Waals surface area contributed by atoms with Gasteiger partial charge in [-0.1, -0.05) is 0 Å². The van der Waals surface area contributed by atoms with Gasteiger partial charge in [0.15, 0.2) is 0 Å². The minimum atomic E-state index is 0.305. The van der Waals surface area contributed by atoms with Gasteiger partial charge in [-0.05, 0) is 51.2 Å². The third kappa shape index (κ3) is 2.72. The van der Waals surface area contributed by atoms with Crippen LogP contribution < -0.4 is 5.32 Å². The molecule has 18 heavy (non-hydrogen) atoms. The molecular formula is C14H27N3O. The summed E-state index contributed by atoms with van der Waals surface area (Å²) in [6, 6.07) is 1.38. The second kappa shape index (κ2) is 5.87. The number of fused-ring (bicyclic) bond motifs is 2. The Hall–Kier alpha value is -0.160. The van der Waals surface area contributed by atoms with Crippen molar-refractivity contribution in [2.45, 2.75) is 37.8 Å². The van der Waals surface area contributed by atoms with E-state index in [-0.39, 0.29) is 0 Å². The van der Waals surface area contributed by atoms with Gasteiger partial charge in [-0.15, -0.1) is 0 Å². The number of aliphatic hydroxyl groups excluding tert-OH is 1. The molecular weight excluding hydrogens is 226 g/mol. The van der Waals surface area contributed by atoms with Gasteiger partial charge < -0.3 is 15.3 Å². The van der Waals surface area contributed by atoms with Crippen LogP contribution in [0, 0.1) is 5.92 Å². The lowest BCUT2D eigenvalue weighted by Crippen LogP contribution is -2.51. The minimum Gasteiger partial charge on any atom is -0.395 e. The first-order valence-electron chi connectivity index (χ1n) is 7.67. The minimum absolute atomic E-state index is 0.305. The molecule has 4 unspecified atom stereocenters. The SMILES string of the molecule is OCCN(CC1CCCN1)C1CCN2CCC1C2. The number of hydrogen-bond donors (Lipinski definition) is 2. The molecule has 4 nitrogen and oxygen atoms in total. The summed E-state index contributed by atoms with van der Waals surface area (Å²) in [6.07, 6.45) is 5.30. The van der Waals surface area contributed by atoms with Crippen LogP contribution in [0.4, 0.5) is 0 Å². The molecule has 0 spiro atoms. The van der Waals surface area contributed by atoms with Crippen LogP contribution in [-0.4, -0.2) is 72.9 Å². The standard InChI is InChI=1S/C14H27N3O/c18-9-8-17(11-13-2-1-5-15-13)14-4-7-16-6-3-12(14)10-16/h12-15,18H,1-11H2. The van der Waals surface area contributed by atoms with Gasteiger partial charge in [0, 0.05) is 31.7 Å². The van der Waals surface area contributed by atoms with Crippen molar-refractivity contribution < 1.29 is 5.11 Å². The summed E-state index contributed by atoms with van der Waals surface area (Å²) in [5.74, 6) is 0.853. The van der Waals surface area contributed by atoms with Crippen LogP contribution in [0.1, 0.15) is 25.7 Å². The zero-order chi connectivity index (χ0) is 12.4. The molecule has 4 heteroatoms. The van der Waals surface area contributed by atoms with E-state index in [1.807, 2.05) is 0 Å². The molecule has 0 amide bonds. The Kier molecular flexibility index (Phi) is 4.19. The highest BCUT2D eigenvalue weighted by Gasteiger charge is 2.37. The van der Waals surface area contributed by atoms with Crippen LogP contribution >= 0.6 is 0 Å². The molecule has 4 atom stereocenters. The first-order valence-corrected chi connectivity index (χ1v) is 7.67. The molecule has 3 aliphatic rings. The molecule has 104 valence electrons. The van der Waals surface area contributed by atoms with E-state index in [4.69, 9.17) is 0 Å². The Morgan fingerprint density at radius 1 is 1.22 bits per heavy atom. The maximum absolute atomic E-state index is 9.34. The van der Waals surface area contributed by atoms with Crippen molar-refractivity contribution in [1.29, 1.82) is 0 Å². The van der Waals surface area contributed by atoms with Gasteiger partial charge >= 0.3 is 0 Å². The second-order valence-corrected chi connectivity index (χ2v) is 6.22. The molecule has 2 bridgehead atoms. The van der Waals surface area contributed by atoms with E-state index < -0.39 is 0 Å². The predicted molar refractivity (Wildman–Crippen MR) is 72.6 cm³/mol. The average molecular weight is 253 g/mol. The number of nitrogens with one attached hydrogen (secondary N) is 1. The molecule has 3 saturated heterocycles. The molecule has 0 aromatic carbocycles. The van der Waals surface area contributed by atoms with Crippen LogP contribution in [0.3, 0.4) is 0 Å². The van der Waals surface area contributed by atoms with E-state index in [1.54, 1.807) is 0 Å². The molecule has 0 aromatic heterocycles. The molecule has 3 heterocycles. The number of aliphatic hydroxyl groups is 1. The summed E-state index contributed by atoms with van der Waals surface area (Å²) in [6.45, 7) is 7.35. The summed E-state index contributed by atoms with van der Waals surface area (Å²) < 4.78 is 0. The Morgan fingerprint density at radius 3 is 2.89 bits per heavy atom. The Labute approximate surface area is 110 Å². The largest absolute Gasteiger partial charge is 0.395 e. The van der Waals surface area contributed by atoms with Gasteiger partial charge in [-0.3, -0.25) is 4.90 Å². The van der Waals surface area contributed by atoms with Crippen LogP contribution in [-0.2, 0) is 0 Å². The van der Waals surface area contributed by atoms with Crippen LogP contribution in [0.25, 0.3) is 0 Å². The predicted octanol–water partition coefficient (Wildman–Crippen LogP) is 0.127. The maximum atomic E-state index is 9.34. The number of rotatable bonds is 5. The van der Waals surface area contributed by atoms with E-state index in [0.717, 1.165) is 25.0 Å². The molecule has 3 aliphatic heterocycles. The van der Waals surface area contributed by atoms with Crippen molar-refractivity contribution in [3.8, 4) is 0 Å². The van der Waals surface area contributed by atoms with Crippen LogP contribution in [0.2, 0.25) is 0 Å². The fourth-order valence-electron chi connectivity index (χ4n) is 4.13. The third-order valence-corrected chi connectivity index (χ3v) is 5.07. The monoisotopic (exact) mass is 253 g/mol. The fourth-order valence-corrected chi connectivity index (χ4v) is 4.13. The molecule has 0 aliphatic carbocycles. The first-order chi connectivity index (χ1) is 8.86. The molecule has 3 rings (SSSR count). The van der Waals surface area contributed by atoms with Crippen LogP contribution in [0.5, 0.6) is 0 Å². The zero-order valence-electron chi connectivity index (χ0n) is 11.4. The van der Waals surface area contributed by atoms with Gasteiger partial charge in [0.1, 0.15) is 0 Å². The van der Waals surface area contributed by atoms with E-state index in [0.29, 0.717) is 12.6 Å². The highest BCUT2D eigenvalue weighted by molar-refractivity contribution is 4.93. The molecule has 3 fully saturated rings. The van der Waals surface area contributed by atoms with E-state index in [1.165, 1.54) is 51.9 Å². The quantitative estimate of drug-likeness (QED) is 0.730. The third-order valence-electron chi connectivity index (χ3n) is 5.07. The summed E-state index contributed by atoms with van der Waals surface area (Å²) in [5.41, 5.74) is 0. The Bertz CT molecular complexity index is 268. The van der Waals surface area contributed by atoms with Crippen molar-refractivity contribution in [3.63, 3.8) is 0 Å². The van der Waals surface area contributed by atoms with E-state index >= 15 is 0 Å². The number of nitrogens with zero attached hydrogens (tertiary/aromatic N) is 2. The lowest BCUT2D eigenvalue weighted by molar-refractivity contribution is 0.0751. The van der Waals surface area contributed by atoms with Gasteiger partial charge in [0.05, 0.1) is 6.61 Å². The lowest BCUT2D eigenvalue weighted by Gasteiger charge is -2.40. The van der Waals surface area contributed by atoms with Crippen molar-refractivity contribution >= 4 is 0 Å². The zero-order valence-corrected chi connectivity index (χ0v) is 11.4. The van der Waals surface area contributed by atoms with Crippen molar-refractivity contribution in [2.24, 2.45) is 5.92 Å². The van der Waals surface area contributed by atoms with Gasteiger partial charge in [0.2, 0.25) is 0 Å². The number of hydrogen-bond acceptors (Lipinski definition) is 4. The normalized spacial score (nSPS) is 39.7. The van der Waals surface area contributed by atoms with Crippen LogP contribution in [0.15, 0.2) is 0 Å². The van der Waals surface area contributed by atoms with E-state index in [9.17, 15) is 5.11 Å². The van der Waals surface area contributed by atoms with Gasteiger partial charge in [-0.2, -0.15) is 0 Å². The molecule has 2 N–H and O–H groups in total. The van der Waals surface area contributed by atoms with Crippen molar-refractivity contribution in [2.75, 3.05) is 45.9 Å². The van der Waals surface area contributed by atoms with Gasteiger partial charge in [-0.25, -0.2) is 0 Å². The molecule has 0 radical (unpaired) electrons. The fraction of sp³-hybridized carbons (Fsp3) is 1.00. The summed E-state index contributed by atoms with van der Waals surface area (Å²) in [4.78, 5) is 5.18. The topological polar surface area (TPSA) is 38.7 Å². The highest BCUT2D eigenvalue weighted by Crippen LogP contribution is 2.30. The summed E-state index contributed by atoms with van der Waals surface area (Å²) >= 11 is 0. The lowest BCUT2D eigenvalue weighted by atomic mass is 9.92. The average Bonchev–Trinajstić information content (AvgIpc) is 3.00. The Morgan fingerprint density at radius 2 is 2.11 bits per heavy atom. The maximum Gasteiger partial charge on any atom is 0.0558 e. The first kappa shape index (κ1) is 12.9. The molecule has 0 aromatic rings. The van der Waals surface area contributed by atoms with Crippen molar-refractivity contribution in [1.82, 2.24) is 15.1 Å². The van der Waals surface area contributed by atoms with E-state index in [2.05, 4.69) is 15.1 Å². The molecule has 0 saturated carbocycles. The number of piperidine rings is 1. The van der Waals surface area contributed by atoms with Gasteiger partial charge in [0.25, 0.3) is 0 Å². The Balaban J connectivity index is 1.60. The summed E-state index contributed by atoms with van der Waals surface area (Å²) in [7, 11) is 0. The van der Waals surface area contributed by atoms with Crippen molar-refractivity contribution in [3.05, 3.63) is 0 Å². The second-order valence-electron chi connectivity index (χ2n) is 6.22. The smallest absolute Gasteiger partial charge is 0.0558 e. The summed E-state index contributed by atoms with van der Waals surface area (Å²) in [5, 5.41) is 12.9.